The van der Waals surface area contributed by atoms with Crippen molar-refractivity contribution in [1.29, 1.82) is 0 Å². The summed E-state index contributed by atoms with van der Waals surface area (Å²) in [6, 6.07) is 1.28. The number of aryl methyl sites for hydroxylation is 2. The monoisotopic (exact) mass is 287 g/mol. The third-order valence-electron chi connectivity index (χ3n) is 2.36. The van der Waals surface area contributed by atoms with E-state index >= 15 is 0 Å². The van der Waals surface area contributed by atoms with Gasteiger partial charge in [0.1, 0.15) is 23.0 Å². The Bertz CT molecular complexity index is 673. The van der Waals surface area contributed by atoms with E-state index in [4.69, 9.17) is 14.0 Å². The fourth-order valence-corrected chi connectivity index (χ4v) is 2.70. The molecule has 0 aliphatic carbocycles. The molecule has 2 heterocycles. The highest BCUT2D eigenvalue weighted by atomic mass is 32.2. The van der Waals surface area contributed by atoms with E-state index in [0.717, 1.165) is 0 Å². The lowest BCUT2D eigenvalue weighted by Gasteiger charge is -2.02. The number of sulfonamides is 1. The van der Waals surface area contributed by atoms with Crippen LogP contribution in [0.25, 0.3) is 0 Å². The average Bonchev–Trinajstić information content (AvgIpc) is 2.93. The van der Waals surface area contributed by atoms with E-state index in [9.17, 15) is 8.42 Å². The van der Waals surface area contributed by atoms with E-state index in [2.05, 4.69) is 14.9 Å². The van der Waals surface area contributed by atoms with Crippen LogP contribution in [0.3, 0.4) is 0 Å². The Morgan fingerprint density at radius 2 is 2.16 bits per heavy atom. The lowest BCUT2D eigenvalue weighted by Crippen LogP contribution is -2.24. The van der Waals surface area contributed by atoms with Crippen molar-refractivity contribution in [2.45, 2.75) is 31.9 Å². The van der Waals surface area contributed by atoms with Crippen molar-refractivity contribution < 1.29 is 22.5 Å². The molecule has 0 fully saturated rings. The van der Waals surface area contributed by atoms with Crippen LogP contribution in [-0.2, 0) is 23.2 Å². The standard InChI is InChI=1S/C10H13N3O5S/c1-6-9(3-8(5-14)17-6)19(15,16)11-4-10-12-7(2)18-13-10/h3,11,14H,4-5H2,1-2H3. The van der Waals surface area contributed by atoms with Gasteiger partial charge in [0.15, 0.2) is 5.82 Å². The fraction of sp³-hybridized carbons (Fsp3) is 0.400. The summed E-state index contributed by atoms with van der Waals surface area (Å²) in [6.07, 6.45) is 0. The van der Waals surface area contributed by atoms with Gasteiger partial charge in [0.2, 0.25) is 15.9 Å². The SMILES string of the molecule is Cc1nc(CNS(=O)(=O)c2cc(CO)oc2C)no1. The molecule has 2 rings (SSSR count). The minimum Gasteiger partial charge on any atom is -0.462 e. The van der Waals surface area contributed by atoms with Crippen LogP contribution in [0.15, 0.2) is 19.9 Å². The summed E-state index contributed by atoms with van der Waals surface area (Å²) < 4.78 is 36.2. The maximum absolute atomic E-state index is 12.0. The van der Waals surface area contributed by atoms with E-state index < -0.39 is 10.0 Å². The summed E-state index contributed by atoms with van der Waals surface area (Å²) in [5.74, 6) is 0.995. The first-order valence-electron chi connectivity index (χ1n) is 5.41. The minimum absolute atomic E-state index is 0.0169. The third kappa shape index (κ3) is 3.00. The Kier molecular flexibility index (Phi) is 3.69. The highest BCUT2D eigenvalue weighted by Crippen LogP contribution is 2.19. The first-order chi connectivity index (χ1) is 8.92. The molecule has 0 aliphatic rings. The van der Waals surface area contributed by atoms with Crippen molar-refractivity contribution in [3.05, 3.63) is 29.3 Å². The fourth-order valence-electron chi connectivity index (χ4n) is 1.52. The smallest absolute Gasteiger partial charge is 0.244 e. The third-order valence-corrected chi connectivity index (χ3v) is 3.87. The number of rotatable bonds is 5. The molecule has 0 saturated carbocycles. The van der Waals surface area contributed by atoms with Crippen LogP contribution in [0.4, 0.5) is 0 Å². The predicted octanol–water partition coefficient (Wildman–Crippen LogP) is 0.250. The molecule has 0 aromatic carbocycles. The zero-order valence-electron chi connectivity index (χ0n) is 10.4. The Hall–Kier alpha value is -1.71. The van der Waals surface area contributed by atoms with Gasteiger partial charge >= 0.3 is 0 Å². The average molecular weight is 287 g/mol. The van der Waals surface area contributed by atoms with Crippen LogP contribution in [-0.4, -0.2) is 23.7 Å². The van der Waals surface area contributed by atoms with Crippen molar-refractivity contribution in [3.63, 3.8) is 0 Å². The van der Waals surface area contributed by atoms with Gasteiger partial charge in [-0.1, -0.05) is 5.16 Å². The van der Waals surface area contributed by atoms with Crippen LogP contribution in [0.2, 0.25) is 0 Å². The second-order valence-electron chi connectivity index (χ2n) is 3.85. The minimum atomic E-state index is -3.75. The van der Waals surface area contributed by atoms with Gasteiger partial charge in [-0.25, -0.2) is 13.1 Å². The van der Waals surface area contributed by atoms with E-state index in [1.165, 1.54) is 13.0 Å². The molecule has 9 heteroatoms. The van der Waals surface area contributed by atoms with Crippen LogP contribution < -0.4 is 4.72 Å². The predicted molar refractivity (Wildman–Crippen MR) is 62.4 cm³/mol. The zero-order valence-corrected chi connectivity index (χ0v) is 11.2. The molecular formula is C10H13N3O5S. The number of furan rings is 1. The van der Waals surface area contributed by atoms with E-state index in [0.29, 0.717) is 5.89 Å². The van der Waals surface area contributed by atoms with Crippen LogP contribution >= 0.6 is 0 Å². The molecule has 0 unspecified atom stereocenters. The van der Waals surface area contributed by atoms with Gasteiger partial charge in [-0.15, -0.1) is 0 Å². The van der Waals surface area contributed by atoms with Crippen LogP contribution in [0, 0.1) is 13.8 Å². The molecule has 2 N–H and O–H groups in total. The molecule has 0 bridgehead atoms. The zero-order chi connectivity index (χ0) is 14.0. The van der Waals surface area contributed by atoms with Gasteiger partial charge in [0.05, 0.1) is 6.54 Å². The molecule has 0 spiro atoms. The van der Waals surface area contributed by atoms with Gasteiger partial charge in [0.25, 0.3) is 0 Å². The first-order valence-corrected chi connectivity index (χ1v) is 6.89. The topological polar surface area (TPSA) is 118 Å². The Labute approximate surface area is 109 Å². The number of nitrogens with zero attached hydrogens (tertiary/aromatic N) is 2. The largest absolute Gasteiger partial charge is 0.462 e. The summed E-state index contributed by atoms with van der Waals surface area (Å²) in [7, 11) is -3.75. The van der Waals surface area contributed by atoms with E-state index in [1.54, 1.807) is 6.92 Å². The van der Waals surface area contributed by atoms with Gasteiger partial charge in [-0.3, -0.25) is 0 Å². The highest BCUT2D eigenvalue weighted by Gasteiger charge is 2.21. The molecule has 19 heavy (non-hydrogen) atoms. The number of hydrogen-bond donors (Lipinski definition) is 2. The number of aliphatic hydroxyl groups excluding tert-OH is 1. The number of hydrogen-bond acceptors (Lipinski definition) is 7. The lowest BCUT2D eigenvalue weighted by molar-refractivity contribution is 0.244. The van der Waals surface area contributed by atoms with Gasteiger partial charge in [-0.2, -0.15) is 4.98 Å². The number of aromatic nitrogens is 2. The quantitative estimate of drug-likeness (QED) is 0.809. The molecule has 0 amide bonds. The molecule has 0 radical (unpaired) electrons. The van der Waals surface area contributed by atoms with Crippen LogP contribution in [0.1, 0.15) is 23.2 Å². The normalized spacial score (nSPS) is 11.9. The lowest BCUT2D eigenvalue weighted by atomic mass is 10.4. The number of nitrogens with one attached hydrogen (secondary N) is 1. The number of aliphatic hydroxyl groups is 1. The first kappa shape index (κ1) is 13.7. The van der Waals surface area contributed by atoms with Crippen molar-refractivity contribution in [2.24, 2.45) is 0 Å². The second-order valence-corrected chi connectivity index (χ2v) is 5.58. The Morgan fingerprint density at radius 1 is 1.42 bits per heavy atom. The molecule has 8 nitrogen and oxygen atoms in total. The molecule has 2 aromatic rings. The molecular weight excluding hydrogens is 274 g/mol. The van der Waals surface area contributed by atoms with Crippen molar-refractivity contribution in [1.82, 2.24) is 14.9 Å². The van der Waals surface area contributed by atoms with E-state index in [-0.39, 0.29) is 35.4 Å². The summed E-state index contributed by atoms with van der Waals surface area (Å²) in [6.45, 7) is 2.67. The summed E-state index contributed by atoms with van der Waals surface area (Å²) in [5.41, 5.74) is 0. The highest BCUT2D eigenvalue weighted by molar-refractivity contribution is 7.89. The molecule has 0 aliphatic heterocycles. The van der Waals surface area contributed by atoms with Crippen molar-refractivity contribution in [3.8, 4) is 0 Å². The summed E-state index contributed by atoms with van der Waals surface area (Å²) >= 11 is 0. The maximum Gasteiger partial charge on any atom is 0.244 e. The maximum atomic E-state index is 12.0. The molecule has 0 atom stereocenters. The molecule has 0 saturated heterocycles. The molecule has 2 aromatic heterocycles. The summed E-state index contributed by atoms with van der Waals surface area (Å²) in [5, 5.41) is 12.5. The van der Waals surface area contributed by atoms with Crippen molar-refractivity contribution in [2.75, 3.05) is 0 Å². The second kappa shape index (κ2) is 5.11. The molecule has 104 valence electrons. The van der Waals surface area contributed by atoms with Crippen molar-refractivity contribution >= 4 is 10.0 Å². The van der Waals surface area contributed by atoms with E-state index in [1.807, 2.05) is 0 Å². The van der Waals surface area contributed by atoms with Gasteiger partial charge < -0.3 is 14.0 Å². The van der Waals surface area contributed by atoms with Gasteiger partial charge in [-0.05, 0) is 6.92 Å². The van der Waals surface area contributed by atoms with Crippen LogP contribution in [0.5, 0.6) is 0 Å². The van der Waals surface area contributed by atoms with Gasteiger partial charge in [0, 0.05) is 13.0 Å². The Balaban J connectivity index is 2.15. The Morgan fingerprint density at radius 3 is 2.68 bits per heavy atom. The summed E-state index contributed by atoms with van der Waals surface area (Å²) in [4.78, 5) is 3.87.